The van der Waals surface area contributed by atoms with E-state index in [0.29, 0.717) is 11.3 Å². The predicted octanol–water partition coefficient (Wildman–Crippen LogP) is 3.37. The molecule has 0 unspecified atom stereocenters. The fourth-order valence-corrected chi connectivity index (χ4v) is 2.65. The zero-order chi connectivity index (χ0) is 18.6. The first kappa shape index (κ1) is 18.2. The number of rotatable bonds is 4. The zero-order valence-electron chi connectivity index (χ0n) is 13.8. The zero-order valence-corrected chi connectivity index (χ0v) is 13.8. The molecule has 0 saturated carbocycles. The molecule has 0 spiro atoms. The number of pyridine rings is 1. The van der Waals surface area contributed by atoms with Crippen molar-refractivity contribution in [3.63, 3.8) is 0 Å². The quantitative estimate of drug-likeness (QED) is 0.872. The second kappa shape index (κ2) is 7.74. The fraction of sp³-hybridized carbons (Fsp3) is 0.333. The molecule has 26 heavy (non-hydrogen) atoms. The van der Waals surface area contributed by atoms with Crippen molar-refractivity contribution in [2.45, 2.75) is 25.1 Å². The molecule has 1 aliphatic rings. The summed E-state index contributed by atoms with van der Waals surface area (Å²) in [5, 5.41) is 6.19. The number of hydrogen-bond acceptors (Lipinski definition) is 4. The molecule has 0 radical (unpaired) electrons. The number of carbonyl (C=O) groups excluding carboxylic acids is 1. The Balaban J connectivity index is 1.59. The molecule has 1 aliphatic heterocycles. The van der Waals surface area contributed by atoms with Gasteiger partial charge in [0.15, 0.2) is 0 Å². The van der Waals surface area contributed by atoms with E-state index >= 15 is 0 Å². The number of alkyl halides is 3. The number of aromatic nitrogens is 1. The minimum Gasteiger partial charge on any atom is -0.439 e. The second-order valence-electron chi connectivity index (χ2n) is 6.03. The molecular formula is C18H18F3N3O2. The van der Waals surface area contributed by atoms with E-state index in [9.17, 15) is 18.0 Å². The van der Waals surface area contributed by atoms with Crippen molar-refractivity contribution in [1.29, 1.82) is 0 Å². The molecule has 1 amide bonds. The van der Waals surface area contributed by atoms with Crippen LogP contribution in [0.15, 0.2) is 42.6 Å². The van der Waals surface area contributed by atoms with Gasteiger partial charge in [0.2, 0.25) is 5.88 Å². The van der Waals surface area contributed by atoms with Crippen molar-refractivity contribution >= 4 is 5.91 Å². The van der Waals surface area contributed by atoms with Crippen LogP contribution in [0.4, 0.5) is 13.2 Å². The van der Waals surface area contributed by atoms with Crippen LogP contribution in [0.25, 0.3) is 0 Å². The molecule has 2 heterocycles. The minimum absolute atomic E-state index is 0.0449. The Hall–Kier alpha value is -2.61. The van der Waals surface area contributed by atoms with Crippen molar-refractivity contribution in [3.05, 3.63) is 53.7 Å². The Morgan fingerprint density at radius 2 is 1.96 bits per heavy atom. The number of hydrogen-bond donors (Lipinski definition) is 2. The standard InChI is InChI=1S/C18H18F3N3O2/c19-18(20,21)13-5-8-16(23-10-13)26-15-6-3-12(4-7-15)17(25)24-14-2-1-9-22-11-14/h3-8,10,14,22H,1-2,9,11H2,(H,24,25)/t14-/m0/s1. The summed E-state index contributed by atoms with van der Waals surface area (Å²) in [6.07, 6.45) is -1.75. The number of amides is 1. The number of nitrogens with zero attached hydrogens (tertiary/aromatic N) is 1. The molecule has 0 aliphatic carbocycles. The van der Waals surface area contributed by atoms with Gasteiger partial charge in [0, 0.05) is 30.4 Å². The van der Waals surface area contributed by atoms with Gasteiger partial charge in [0.05, 0.1) is 5.56 Å². The van der Waals surface area contributed by atoms with Gasteiger partial charge in [0.25, 0.3) is 5.91 Å². The first-order chi connectivity index (χ1) is 12.4. The van der Waals surface area contributed by atoms with Gasteiger partial charge in [-0.2, -0.15) is 13.2 Å². The lowest BCUT2D eigenvalue weighted by atomic mass is 10.1. The van der Waals surface area contributed by atoms with Gasteiger partial charge in [-0.05, 0) is 49.7 Å². The number of halogens is 3. The Bertz CT molecular complexity index is 740. The molecule has 1 atom stereocenters. The Labute approximate surface area is 148 Å². The number of ether oxygens (including phenoxy) is 1. The van der Waals surface area contributed by atoms with Gasteiger partial charge in [-0.25, -0.2) is 4.98 Å². The maximum absolute atomic E-state index is 12.5. The highest BCUT2D eigenvalue weighted by Crippen LogP contribution is 2.30. The first-order valence-electron chi connectivity index (χ1n) is 8.24. The third-order valence-corrected chi connectivity index (χ3v) is 4.03. The van der Waals surface area contributed by atoms with Gasteiger partial charge in [-0.1, -0.05) is 0 Å². The van der Waals surface area contributed by atoms with Gasteiger partial charge < -0.3 is 15.4 Å². The molecule has 3 rings (SSSR count). The highest BCUT2D eigenvalue weighted by molar-refractivity contribution is 5.94. The summed E-state index contributed by atoms with van der Waals surface area (Å²) in [5.41, 5.74) is -0.350. The van der Waals surface area contributed by atoms with E-state index in [1.54, 1.807) is 24.3 Å². The number of benzene rings is 1. The van der Waals surface area contributed by atoms with E-state index in [1.165, 1.54) is 0 Å². The van der Waals surface area contributed by atoms with Crippen molar-refractivity contribution in [1.82, 2.24) is 15.6 Å². The number of piperidine rings is 1. The van der Waals surface area contributed by atoms with E-state index in [0.717, 1.165) is 44.3 Å². The van der Waals surface area contributed by atoms with E-state index in [-0.39, 0.29) is 17.8 Å². The van der Waals surface area contributed by atoms with Gasteiger partial charge in [0.1, 0.15) is 5.75 Å². The second-order valence-corrected chi connectivity index (χ2v) is 6.03. The molecular weight excluding hydrogens is 347 g/mol. The van der Waals surface area contributed by atoms with Crippen molar-refractivity contribution in [2.75, 3.05) is 13.1 Å². The highest BCUT2D eigenvalue weighted by atomic mass is 19.4. The summed E-state index contributed by atoms with van der Waals surface area (Å²) >= 11 is 0. The largest absolute Gasteiger partial charge is 0.439 e. The van der Waals surface area contributed by atoms with Gasteiger partial charge >= 0.3 is 6.18 Å². The lowest BCUT2D eigenvalue weighted by molar-refractivity contribution is -0.137. The van der Waals surface area contributed by atoms with Crippen LogP contribution in [0.3, 0.4) is 0 Å². The summed E-state index contributed by atoms with van der Waals surface area (Å²) in [7, 11) is 0. The first-order valence-corrected chi connectivity index (χ1v) is 8.24. The third-order valence-electron chi connectivity index (χ3n) is 4.03. The lowest BCUT2D eigenvalue weighted by Crippen LogP contribution is -2.45. The van der Waals surface area contributed by atoms with E-state index in [4.69, 9.17) is 4.74 Å². The van der Waals surface area contributed by atoms with Crippen LogP contribution in [0, 0.1) is 0 Å². The van der Waals surface area contributed by atoms with Crippen LogP contribution in [0.1, 0.15) is 28.8 Å². The normalized spacial score (nSPS) is 17.6. The Kier molecular flexibility index (Phi) is 5.41. The molecule has 1 aromatic heterocycles. The molecule has 8 heteroatoms. The van der Waals surface area contributed by atoms with E-state index in [1.807, 2.05) is 0 Å². The molecule has 1 aromatic carbocycles. The molecule has 2 aromatic rings. The fourth-order valence-electron chi connectivity index (χ4n) is 2.65. The average molecular weight is 365 g/mol. The SMILES string of the molecule is O=C(N[C@H]1CCCNC1)c1ccc(Oc2ccc(C(F)(F)F)cn2)cc1. The summed E-state index contributed by atoms with van der Waals surface area (Å²) < 4.78 is 42.9. The maximum atomic E-state index is 12.5. The molecule has 1 saturated heterocycles. The number of carbonyl (C=O) groups is 1. The van der Waals surface area contributed by atoms with Gasteiger partial charge in [-0.3, -0.25) is 4.79 Å². The van der Waals surface area contributed by atoms with Crippen LogP contribution in [0.2, 0.25) is 0 Å². The average Bonchev–Trinajstić information content (AvgIpc) is 2.63. The van der Waals surface area contributed by atoms with Crippen LogP contribution in [-0.2, 0) is 6.18 Å². The molecule has 138 valence electrons. The maximum Gasteiger partial charge on any atom is 0.417 e. The monoisotopic (exact) mass is 365 g/mol. The van der Waals surface area contributed by atoms with Crippen molar-refractivity contribution in [3.8, 4) is 11.6 Å². The van der Waals surface area contributed by atoms with Crippen LogP contribution in [-0.4, -0.2) is 30.0 Å². The number of nitrogens with one attached hydrogen (secondary N) is 2. The summed E-state index contributed by atoms with van der Waals surface area (Å²) in [6, 6.07) is 8.53. The summed E-state index contributed by atoms with van der Waals surface area (Å²) in [6.45, 7) is 1.73. The van der Waals surface area contributed by atoms with Crippen LogP contribution in [0.5, 0.6) is 11.6 Å². The smallest absolute Gasteiger partial charge is 0.417 e. The minimum atomic E-state index is -4.44. The highest BCUT2D eigenvalue weighted by Gasteiger charge is 2.30. The molecule has 0 bridgehead atoms. The lowest BCUT2D eigenvalue weighted by Gasteiger charge is -2.23. The predicted molar refractivity (Wildman–Crippen MR) is 89.1 cm³/mol. The summed E-state index contributed by atoms with van der Waals surface area (Å²) in [4.78, 5) is 15.9. The van der Waals surface area contributed by atoms with Crippen LogP contribution >= 0.6 is 0 Å². The Morgan fingerprint density at radius 1 is 1.19 bits per heavy atom. The van der Waals surface area contributed by atoms with Crippen molar-refractivity contribution < 1.29 is 22.7 Å². The molecule has 2 N–H and O–H groups in total. The van der Waals surface area contributed by atoms with E-state index in [2.05, 4.69) is 15.6 Å². The Morgan fingerprint density at radius 3 is 2.54 bits per heavy atom. The van der Waals surface area contributed by atoms with Gasteiger partial charge in [-0.15, -0.1) is 0 Å². The molecule has 5 nitrogen and oxygen atoms in total. The summed E-state index contributed by atoms with van der Waals surface area (Å²) in [5.74, 6) is 0.259. The van der Waals surface area contributed by atoms with E-state index < -0.39 is 11.7 Å². The topological polar surface area (TPSA) is 63.2 Å². The molecule has 1 fully saturated rings. The van der Waals surface area contributed by atoms with Crippen LogP contribution < -0.4 is 15.4 Å². The third kappa shape index (κ3) is 4.72. The van der Waals surface area contributed by atoms with Crippen molar-refractivity contribution in [2.24, 2.45) is 0 Å².